The van der Waals surface area contributed by atoms with Gasteiger partial charge in [0.15, 0.2) is 0 Å². The second-order valence-corrected chi connectivity index (χ2v) is 4.57. The van der Waals surface area contributed by atoms with Gasteiger partial charge in [0.1, 0.15) is 11.5 Å². The second kappa shape index (κ2) is 7.03. The average Bonchev–Trinajstić information content (AvgIpc) is 2.49. The Balaban J connectivity index is 2.11. The molecule has 1 heterocycles. The minimum absolute atomic E-state index is 0.0425. The smallest absolute Gasteiger partial charge is 0.145 e. The molecule has 0 saturated carbocycles. The van der Waals surface area contributed by atoms with Crippen molar-refractivity contribution in [1.82, 2.24) is 10.3 Å². The van der Waals surface area contributed by atoms with E-state index in [4.69, 9.17) is 4.74 Å². The van der Waals surface area contributed by atoms with E-state index < -0.39 is 0 Å². The Hall–Kier alpha value is -1.91. The Morgan fingerprint density at radius 1 is 1.25 bits per heavy atom. The van der Waals surface area contributed by atoms with E-state index in [2.05, 4.69) is 24.1 Å². The van der Waals surface area contributed by atoms with Gasteiger partial charge in [-0.1, -0.05) is 25.1 Å². The molecule has 106 valence electrons. The monoisotopic (exact) mass is 272 g/mol. The minimum Gasteiger partial charge on any atom is -0.455 e. The van der Waals surface area contributed by atoms with Gasteiger partial charge in [-0.15, -0.1) is 0 Å². The number of benzene rings is 1. The minimum atomic E-state index is -0.0425. The third-order valence-corrected chi connectivity index (χ3v) is 3.08. The third-order valence-electron chi connectivity index (χ3n) is 3.08. The molecule has 0 fully saturated rings. The van der Waals surface area contributed by atoms with Gasteiger partial charge in [-0.25, -0.2) is 0 Å². The maximum absolute atomic E-state index is 9.27. The number of nitrogens with one attached hydrogen (secondary N) is 1. The fourth-order valence-corrected chi connectivity index (χ4v) is 1.98. The molecule has 0 aliphatic rings. The Bertz CT molecular complexity index is 540. The number of hydrogen-bond donors (Lipinski definition) is 2. The van der Waals surface area contributed by atoms with Crippen molar-refractivity contribution in [3.8, 4) is 11.5 Å². The lowest BCUT2D eigenvalue weighted by Gasteiger charge is -2.13. The largest absolute Gasteiger partial charge is 0.455 e. The van der Waals surface area contributed by atoms with Crippen LogP contribution >= 0.6 is 0 Å². The van der Waals surface area contributed by atoms with Crippen LogP contribution in [-0.2, 0) is 6.61 Å². The van der Waals surface area contributed by atoms with E-state index in [9.17, 15) is 5.11 Å². The Morgan fingerprint density at radius 3 is 2.70 bits per heavy atom. The van der Waals surface area contributed by atoms with E-state index in [0.717, 1.165) is 17.8 Å². The van der Waals surface area contributed by atoms with Crippen molar-refractivity contribution in [1.29, 1.82) is 0 Å². The Kier molecular flexibility index (Phi) is 5.09. The zero-order valence-corrected chi connectivity index (χ0v) is 11.8. The fraction of sp³-hybridized carbons (Fsp3) is 0.312. The summed E-state index contributed by atoms with van der Waals surface area (Å²) in [5, 5.41) is 12.6. The van der Waals surface area contributed by atoms with E-state index in [1.807, 2.05) is 36.4 Å². The maximum Gasteiger partial charge on any atom is 0.145 e. The van der Waals surface area contributed by atoms with Crippen molar-refractivity contribution in [3.05, 3.63) is 53.9 Å². The molecule has 2 rings (SSSR count). The van der Waals surface area contributed by atoms with Crippen LogP contribution in [0.3, 0.4) is 0 Å². The van der Waals surface area contributed by atoms with E-state index in [-0.39, 0.29) is 12.6 Å². The summed E-state index contributed by atoms with van der Waals surface area (Å²) in [6, 6.07) is 11.5. The number of aliphatic hydroxyl groups is 1. The summed E-state index contributed by atoms with van der Waals surface area (Å²) in [7, 11) is 0. The third kappa shape index (κ3) is 3.56. The molecule has 4 nitrogen and oxygen atoms in total. The zero-order valence-electron chi connectivity index (χ0n) is 11.8. The Morgan fingerprint density at radius 2 is 2.05 bits per heavy atom. The molecule has 0 spiro atoms. The highest BCUT2D eigenvalue weighted by atomic mass is 16.5. The number of pyridine rings is 1. The Labute approximate surface area is 119 Å². The molecule has 1 atom stereocenters. The van der Waals surface area contributed by atoms with Gasteiger partial charge in [-0.2, -0.15) is 0 Å². The molecule has 0 radical (unpaired) electrons. The van der Waals surface area contributed by atoms with Crippen LogP contribution in [-0.4, -0.2) is 16.6 Å². The van der Waals surface area contributed by atoms with Crippen LogP contribution in [0.5, 0.6) is 11.5 Å². The predicted octanol–water partition coefficient (Wildman–Crippen LogP) is 3.04. The SMILES string of the molecule is CCNC(C)c1ccc(Oc2ccccc2CO)cn1. The van der Waals surface area contributed by atoms with Crippen LogP contribution in [0.4, 0.5) is 0 Å². The first-order valence-electron chi connectivity index (χ1n) is 6.80. The van der Waals surface area contributed by atoms with Crippen molar-refractivity contribution < 1.29 is 9.84 Å². The van der Waals surface area contributed by atoms with E-state index in [1.165, 1.54) is 0 Å². The summed E-state index contributed by atoms with van der Waals surface area (Å²) in [5.74, 6) is 1.32. The lowest BCUT2D eigenvalue weighted by atomic mass is 10.2. The van der Waals surface area contributed by atoms with Crippen LogP contribution in [0.25, 0.3) is 0 Å². The number of rotatable bonds is 6. The second-order valence-electron chi connectivity index (χ2n) is 4.57. The van der Waals surface area contributed by atoms with Gasteiger partial charge in [0, 0.05) is 11.6 Å². The summed E-state index contributed by atoms with van der Waals surface area (Å²) >= 11 is 0. The van der Waals surface area contributed by atoms with Gasteiger partial charge < -0.3 is 15.2 Å². The van der Waals surface area contributed by atoms with E-state index in [0.29, 0.717) is 11.5 Å². The normalized spacial score (nSPS) is 12.2. The van der Waals surface area contributed by atoms with Gasteiger partial charge in [0.25, 0.3) is 0 Å². The first-order valence-corrected chi connectivity index (χ1v) is 6.80. The lowest BCUT2D eigenvalue weighted by Crippen LogP contribution is -2.18. The van der Waals surface area contributed by atoms with Gasteiger partial charge in [-0.05, 0) is 31.7 Å². The van der Waals surface area contributed by atoms with Crippen molar-refractivity contribution in [3.63, 3.8) is 0 Å². The molecule has 20 heavy (non-hydrogen) atoms. The van der Waals surface area contributed by atoms with Gasteiger partial charge in [-0.3, -0.25) is 4.98 Å². The molecule has 0 aliphatic carbocycles. The molecule has 1 aromatic heterocycles. The molecule has 2 N–H and O–H groups in total. The summed E-state index contributed by atoms with van der Waals surface area (Å²) in [5.41, 5.74) is 1.74. The molecule has 2 aromatic rings. The highest BCUT2D eigenvalue weighted by Crippen LogP contribution is 2.25. The average molecular weight is 272 g/mol. The topological polar surface area (TPSA) is 54.4 Å². The van der Waals surface area contributed by atoms with Gasteiger partial charge >= 0.3 is 0 Å². The van der Waals surface area contributed by atoms with Crippen LogP contribution in [0.15, 0.2) is 42.6 Å². The molecule has 0 bridgehead atoms. The number of para-hydroxylation sites is 1. The first kappa shape index (κ1) is 14.5. The van der Waals surface area contributed by atoms with Crippen molar-refractivity contribution >= 4 is 0 Å². The number of hydrogen-bond acceptors (Lipinski definition) is 4. The van der Waals surface area contributed by atoms with Crippen molar-refractivity contribution in [2.75, 3.05) is 6.54 Å². The van der Waals surface area contributed by atoms with Crippen molar-refractivity contribution in [2.24, 2.45) is 0 Å². The van der Waals surface area contributed by atoms with Gasteiger partial charge in [0.05, 0.1) is 18.5 Å². The molecule has 4 heteroatoms. The van der Waals surface area contributed by atoms with Crippen LogP contribution in [0.1, 0.15) is 31.1 Å². The number of nitrogens with zero attached hydrogens (tertiary/aromatic N) is 1. The summed E-state index contributed by atoms with van der Waals surface area (Å²) in [6.45, 7) is 5.01. The highest BCUT2D eigenvalue weighted by Gasteiger charge is 2.07. The molecule has 1 unspecified atom stereocenters. The molecule has 0 aliphatic heterocycles. The summed E-state index contributed by atoms with van der Waals surface area (Å²) in [6.07, 6.45) is 1.71. The molecular formula is C16H20N2O2. The lowest BCUT2D eigenvalue weighted by molar-refractivity contribution is 0.276. The van der Waals surface area contributed by atoms with Crippen LogP contribution < -0.4 is 10.1 Å². The standard InChI is InChI=1S/C16H20N2O2/c1-3-17-12(2)15-9-8-14(10-18-15)20-16-7-5-4-6-13(16)11-19/h4-10,12,17,19H,3,11H2,1-2H3. The van der Waals surface area contributed by atoms with Crippen LogP contribution in [0.2, 0.25) is 0 Å². The van der Waals surface area contributed by atoms with Crippen molar-refractivity contribution in [2.45, 2.75) is 26.5 Å². The molecule has 0 saturated heterocycles. The number of aromatic nitrogens is 1. The quantitative estimate of drug-likeness (QED) is 0.848. The van der Waals surface area contributed by atoms with E-state index >= 15 is 0 Å². The molecule has 0 amide bonds. The van der Waals surface area contributed by atoms with Crippen LogP contribution in [0, 0.1) is 0 Å². The maximum atomic E-state index is 9.27. The zero-order chi connectivity index (χ0) is 14.4. The first-order chi connectivity index (χ1) is 9.74. The van der Waals surface area contributed by atoms with E-state index in [1.54, 1.807) is 6.20 Å². The fourth-order valence-electron chi connectivity index (χ4n) is 1.98. The number of ether oxygens (including phenoxy) is 1. The summed E-state index contributed by atoms with van der Waals surface area (Å²) < 4.78 is 5.75. The van der Waals surface area contributed by atoms with Gasteiger partial charge in [0.2, 0.25) is 0 Å². The summed E-state index contributed by atoms with van der Waals surface area (Å²) in [4.78, 5) is 4.40. The number of aliphatic hydroxyl groups excluding tert-OH is 1. The highest BCUT2D eigenvalue weighted by molar-refractivity contribution is 5.36. The predicted molar refractivity (Wildman–Crippen MR) is 78.8 cm³/mol. The molecular weight excluding hydrogens is 252 g/mol. The molecule has 1 aromatic carbocycles.